The molecule has 16 heavy (non-hydrogen) atoms. The highest BCUT2D eigenvalue weighted by Crippen LogP contribution is 2.22. The Balaban J connectivity index is 1.89. The number of nitrogens with zero attached hydrogens (tertiary/aromatic N) is 1. The number of rotatable bonds is 4. The third kappa shape index (κ3) is 2.99. The maximum atomic E-state index is 11.8. The van der Waals surface area contributed by atoms with Gasteiger partial charge in [-0.15, -0.1) is 0 Å². The molecule has 1 aromatic rings. The average molecular weight is 261 g/mol. The van der Waals surface area contributed by atoms with Crippen molar-refractivity contribution in [2.45, 2.75) is 17.7 Å². The van der Waals surface area contributed by atoms with Gasteiger partial charge < -0.3 is 0 Å². The van der Waals surface area contributed by atoms with Crippen molar-refractivity contribution >= 4 is 21.8 Å². The quantitative estimate of drug-likeness (QED) is 0.842. The molecule has 0 radical (unpaired) electrons. The number of sulfonamides is 1. The van der Waals surface area contributed by atoms with Crippen molar-refractivity contribution in [2.75, 3.05) is 18.1 Å². The van der Waals surface area contributed by atoms with Crippen molar-refractivity contribution in [2.24, 2.45) is 5.92 Å². The maximum absolute atomic E-state index is 11.8. The van der Waals surface area contributed by atoms with Crippen LogP contribution in [0.5, 0.6) is 0 Å². The molecular weight excluding hydrogens is 246 g/mol. The summed E-state index contributed by atoms with van der Waals surface area (Å²) in [5, 5.41) is 6.14. The molecule has 1 aromatic heterocycles. The van der Waals surface area contributed by atoms with Gasteiger partial charge in [-0.1, -0.05) is 0 Å². The van der Waals surface area contributed by atoms with E-state index in [0.29, 0.717) is 12.5 Å². The van der Waals surface area contributed by atoms with Crippen molar-refractivity contribution < 1.29 is 8.42 Å². The first-order valence-corrected chi connectivity index (χ1v) is 7.88. The van der Waals surface area contributed by atoms with Crippen molar-refractivity contribution in [3.05, 3.63) is 12.4 Å². The molecule has 0 aromatic carbocycles. The molecule has 90 valence electrons. The van der Waals surface area contributed by atoms with Crippen molar-refractivity contribution in [1.82, 2.24) is 14.9 Å². The van der Waals surface area contributed by atoms with Gasteiger partial charge in [-0.25, -0.2) is 13.1 Å². The lowest BCUT2D eigenvalue weighted by Gasteiger charge is -2.21. The van der Waals surface area contributed by atoms with E-state index < -0.39 is 10.0 Å². The Kier molecular flexibility index (Phi) is 3.88. The van der Waals surface area contributed by atoms with E-state index in [4.69, 9.17) is 0 Å². The minimum Gasteiger partial charge on any atom is -0.284 e. The number of aromatic nitrogens is 2. The van der Waals surface area contributed by atoms with Crippen LogP contribution in [0.3, 0.4) is 0 Å². The molecule has 2 N–H and O–H groups in total. The fourth-order valence-electron chi connectivity index (χ4n) is 1.65. The summed E-state index contributed by atoms with van der Waals surface area (Å²) in [4.78, 5) is 0.206. The standard InChI is InChI=1S/C9H15N3O2S2/c13-16(14,9-6-10-11-7-9)12-5-8-1-3-15-4-2-8/h6-8,12H,1-5H2,(H,10,11). The third-order valence-corrected chi connectivity index (χ3v) is 5.13. The Hall–Kier alpha value is -0.530. The maximum Gasteiger partial charge on any atom is 0.243 e. The van der Waals surface area contributed by atoms with Crippen LogP contribution in [0.2, 0.25) is 0 Å². The molecule has 1 fully saturated rings. The number of aromatic amines is 1. The summed E-state index contributed by atoms with van der Waals surface area (Å²) in [5.41, 5.74) is 0. The van der Waals surface area contributed by atoms with E-state index in [-0.39, 0.29) is 4.90 Å². The van der Waals surface area contributed by atoms with Gasteiger partial charge in [0, 0.05) is 12.7 Å². The summed E-state index contributed by atoms with van der Waals surface area (Å²) < 4.78 is 26.2. The summed E-state index contributed by atoms with van der Waals surface area (Å²) in [5.74, 6) is 2.75. The van der Waals surface area contributed by atoms with Crippen LogP contribution >= 0.6 is 11.8 Å². The number of H-pyrrole nitrogens is 1. The SMILES string of the molecule is O=S(=O)(NCC1CCSCC1)c1cn[nH]c1. The number of hydrogen-bond acceptors (Lipinski definition) is 4. The van der Waals surface area contributed by atoms with Crippen LogP contribution in [0.25, 0.3) is 0 Å². The Bertz CT molecular complexity index is 410. The average Bonchev–Trinajstić information content (AvgIpc) is 2.82. The van der Waals surface area contributed by atoms with E-state index in [9.17, 15) is 8.42 Å². The third-order valence-electron chi connectivity index (χ3n) is 2.69. The minimum atomic E-state index is -3.37. The van der Waals surface area contributed by atoms with Crippen LogP contribution in [0, 0.1) is 5.92 Å². The molecule has 1 aliphatic heterocycles. The molecule has 0 aliphatic carbocycles. The molecule has 0 bridgehead atoms. The van der Waals surface area contributed by atoms with E-state index in [1.54, 1.807) is 0 Å². The van der Waals surface area contributed by atoms with Crippen LogP contribution in [0.15, 0.2) is 17.3 Å². The molecule has 0 amide bonds. The fraction of sp³-hybridized carbons (Fsp3) is 0.667. The van der Waals surface area contributed by atoms with E-state index in [1.807, 2.05) is 11.8 Å². The second-order valence-electron chi connectivity index (χ2n) is 3.84. The van der Waals surface area contributed by atoms with Gasteiger partial charge in [0.05, 0.1) is 6.20 Å². The van der Waals surface area contributed by atoms with Gasteiger partial charge in [-0.05, 0) is 30.3 Å². The highest BCUT2D eigenvalue weighted by Gasteiger charge is 2.19. The van der Waals surface area contributed by atoms with Crippen LogP contribution in [-0.4, -0.2) is 36.7 Å². The summed E-state index contributed by atoms with van der Waals surface area (Å²) in [6.07, 6.45) is 4.90. The van der Waals surface area contributed by atoms with Crippen LogP contribution in [-0.2, 0) is 10.0 Å². The van der Waals surface area contributed by atoms with Gasteiger partial charge in [0.15, 0.2) is 0 Å². The van der Waals surface area contributed by atoms with Gasteiger partial charge in [-0.3, -0.25) is 5.10 Å². The monoisotopic (exact) mass is 261 g/mol. The summed E-state index contributed by atoms with van der Waals surface area (Å²) in [6, 6.07) is 0. The zero-order valence-electron chi connectivity index (χ0n) is 8.85. The number of nitrogens with one attached hydrogen (secondary N) is 2. The van der Waals surface area contributed by atoms with E-state index >= 15 is 0 Å². The summed E-state index contributed by atoms with van der Waals surface area (Å²) in [6.45, 7) is 0.536. The lowest BCUT2D eigenvalue weighted by atomic mass is 10.0. The summed E-state index contributed by atoms with van der Waals surface area (Å²) >= 11 is 1.94. The number of thioether (sulfide) groups is 1. The zero-order valence-corrected chi connectivity index (χ0v) is 10.5. The molecule has 2 rings (SSSR count). The predicted molar refractivity (Wildman–Crippen MR) is 63.8 cm³/mol. The van der Waals surface area contributed by atoms with Crippen molar-refractivity contribution in [3.8, 4) is 0 Å². The first-order chi connectivity index (χ1) is 7.68. The predicted octanol–water partition coefficient (Wildman–Crippen LogP) is 0.831. The van der Waals surface area contributed by atoms with Crippen LogP contribution < -0.4 is 4.72 Å². The minimum absolute atomic E-state index is 0.206. The molecule has 7 heteroatoms. The second-order valence-corrected chi connectivity index (χ2v) is 6.83. The first kappa shape index (κ1) is 11.9. The van der Waals surface area contributed by atoms with E-state index in [0.717, 1.165) is 24.3 Å². The molecular formula is C9H15N3O2S2. The lowest BCUT2D eigenvalue weighted by molar-refractivity contribution is 0.476. The second kappa shape index (κ2) is 5.20. The molecule has 0 spiro atoms. The molecule has 1 aliphatic rings. The first-order valence-electron chi connectivity index (χ1n) is 5.25. The Labute approximate surface area is 99.4 Å². The van der Waals surface area contributed by atoms with Gasteiger partial charge in [0.25, 0.3) is 0 Å². The summed E-state index contributed by atoms with van der Waals surface area (Å²) in [7, 11) is -3.37. The molecule has 1 saturated heterocycles. The Morgan fingerprint density at radius 2 is 2.25 bits per heavy atom. The van der Waals surface area contributed by atoms with Crippen molar-refractivity contribution in [3.63, 3.8) is 0 Å². The smallest absolute Gasteiger partial charge is 0.243 e. The molecule has 0 saturated carbocycles. The Morgan fingerprint density at radius 3 is 2.88 bits per heavy atom. The topological polar surface area (TPSA) is 74.8 Å². The highest BCUT2D eigenvalue weighted by molar-refractivity contribution is 7.99. The van der Waals surface area contributed by atoms with E-state index in [1.165, 1.54) is 12.4 Å². The molecule has 2 heterocycles. The Morgan fingerprint density at radius 1 is 1.50 bits per heavy atom. The fourth-order valence-corrected chi connectivity index (χ4v) is 3.87. The molecule has 0 atom stereocenters. The van der Waals surface area contributed by atoms with Crippen LogP contribution in [0.4, 0.5) is 0 Å². The van der Waals surface area contributed by atoms with Gasteiger partial charge >= 0.3 is 0 Å². The molecule has 0 unspecified atom stereocenters. The van der Waals surface area contributed by atoms with Gasteiger partial charge in [0.2, 0.25) is 10.0 Å². The van der Waals surface area contributed by atoms with Crippen LogP contribution in [0.1, 0.15) is 12.8 Å². The largest absolute Gasteiger partial charge is 0.284 e. The lowest BCUT2D eigenvalue weighted by Crippen LogP contribution is -2.30. The van der Waals surface area contributed by atoms with Gasteiger partial charge in [0.1, 0.15) is 4.90 Å². The van der Waals surface area contributed by atoms with Gasteiger partial charge in [-0.2, -0.15) is 16.9 Å². The highest BCUT2D eigenvalue weighted by atomic mass is 32.2. The van der Waals surface area contributed by atoms with E-state index in [2.05, 4.69) is 14.9 Å². The normalized spacial score (nSPS) is 18.8. The zero-order chi connectivity index (χ0) is 11.4. The van der Waals surface area contributed by atoms with Crippen molar-refractivity contribution in [1.29, 1.82) is 0 Å². The molecule has 5 nitrogen and oxygen atoms in total. The number of hydrogen-bond donors (Lipinski definition) is 2.